The molecular formula is C17H21N7O2. The summed E-state index contributed by atoms with van der Waals surface area (Å²) in [5.74, 6) is 1.84. The normalized spacial score (nSPS) is 18.2. The lowest BCUT2D eigenvalue weighted by molar-refractivity contribution is -0.118. The van der Waals surface area contributed by atoms with Gasteiger partial charge in [-0.25, -0.2) is 15.0 Å². The largest absolute Gasteiger partial charge is 0.378 e. The number of anilines is 3. The molecule has 2 N–H and O–H groups in total. The number of ether oxygens (including phenoxy) is 1. The van der Waals surface area contributed by atoms with Crippen LogP contribution in [0.5, 0.6) is 0 Å². The summed E-state index contributed by atoms with van der Waals surface area (Å²) >= 11 is 0. The van der Waals surface area contributed by atoms with Crippen molar-refractivity contribution in [1.82, 2.24) is 19.9 Å². The molecule has 2 saturated heterocycles. The van der Waals surface area contributed by atoms with E-state index >= 15 is 0 Å². The molecule has 2 aromatic rings. The number of carbonyl (C=O) groups is 1. The maximum Gasteiger partial charge on any atom is 0.228 e. The minimum atomic E-state index is 0.220. The highest BCUT2D eigenvalue weighted by atomic mass is 16.5. The molecule has 26 heavy (non-hydrogen) atoms. The third-order valence-electron chi connectivity index (χ3n) is 4.54. The van der Waals surface area contributed by atoms with E-state index in [1.807, 2.05) is 11.0 Å². The first kappa shape index (κ1) is 16.6. The average molecular weight is 355 g/mol. The second kappa shape index (κ2) is 7.20. The van der Waals surface area contributed by atoms with Crippen molar-refractivity contribution in [2.45, 2.75) is 12.8 Å². The predicted molar refractivity (Wildman–Crippen MR) is 97.0 cm³/mol. The van der Waals surface area contributed by atoms with Crippen LogP contribution in [0.3, 0.4) is 0 Å². The molecule has 4 rings (SSSR count). The van der Waals surface area contributed by atoms with E-state index < -0.39 is 0 Å². The Morgan fingerprint density at radius 2 is 1.81 bits per heavy atom. The monoisotopic (exact) mass is 355 g/mol. The molecule has 2 aliphatic rings. The lowest BCUT2D eigenvalue weighted by atomic mass is 10.1. The number of morpholine rings is 1. The van der Waals surface area contributed by atoms with Crippen LogP contribution in [-0.2, 0) is 9.53 Å². The summed E-state index contributed by atoms with van der Waals surface area (Å²) in [4.78, 5) is 33.5. The third-order valence-corrected chi connectivity index (χ3v) is 4.54. The summed E-state index contributed by atoms with van der Waals surface area (Å²) in [6.07, 6.45) is 4.78. The fraction of sp³-hybridized carbons (Fsp3) is 0.471. The number of ketones is 1. The molecule has 136 valence electrons. The van der Waals surface area contributed by atoms with Gasteiger partial charge in [-0.05, 0) is 6.42 Å². The van der Waals surface area contributed by atoms with E-state index in [0.717, 1.165) is 43.1 Å². The molecule has 0 radical (unpaired) electrons. The maximum absolute atomic E-state index is 11.9. The van der Waals surface area contributed by atoms with Crippen molar-refractivity contribution in [1.29, 1.82) is 0 Å². The molecular weight excluding hydrogens is 334 g/mol. The van der Waals surface area contributed by atoms with Gasteiger partial charge in [0.25, 0.3) is 0 Å². The van der Waals surface area contributed by atoms with Crippen LogP contribution >= 0.6 is 0 Å². The van der Waals surface area contributed by atoms with Gasteiger partial charge in [0, 0.05) is 50.1 Å². The molecule has 0 spiro atoms. The zero-order valence-electron chi connectivity index (χ0n) is 14.5. The van der Waals surface area contributed by atoms with E-state index in [9.17, 15) is 4.79 Å². The maximum atomic E-state index is 11.9. The molecule has 0 bridgehead atoms. The molecule has 0 aliphatic carbocycles. The van der Waals surface area contributed by atoms with E-state index in [-0.39, 0.29) is 11.7 Å². The third kappa shape index (κ3) is 3.57. The fourth-order valence-corrected chi connectivity index (χ4v) is 3.14. The molecule has 4 heterocycles. The number of piperidine rings is 1. The molecule has 9 nitrogen and oxygen atoms in total. The summed E-state index contributed by atoms with van der Waals surface area (Å²) < 4.78 is 5.42. The second-order valence-corrected chi connectivity index (χ2v) is 6.40. The van der Waals surface area contributed by atoms with Crippen LogP contribution in [0.1, 0.15) is 12.8 Å². The smallest absolute Gasteiger partial charge is 0.228 e. The number of carbonyl (C=O) groups excluding carboxylic acids is 1. The Bertz CT molecular complexity index is 790. The van der Waals surface area contributed by atoms with Crippen LogP contribution in [0, 0.1) is 0 Å². The topological polar surface area (TPSA) is 110 Å². The number of nitrogens with zero attached hydrogens (tertiary/aromatic N) is 6. The van der Waals surface area contributed by atoms with Crippen molar-refractivity contribution >= 4 is 23.5 Å². The molecule has 0 unspecified atom stereocenters. The molecule has 0 atom stereocenters. The van der Waals surface area contributed by atoms with Crippen molar-refractivity contribution < 1.29 is 9.53 Å². The minimum absolute atomic E-state index is 0.220. The molecule has 2 aliphatic heterocycles. The lowest BCUT2D eigenvalue weighted by Gasteiger charge is -2.30. The SMILES string of the molecule is Nc1ncc(-c2cc(N3CCCC(=O)C3)nc(N3CCOCC3)n2)cn1. The van der Waals surface area contributed by atoms with Crippen LogP contribution in [0.25, 0.3) is 11.3 Å². The van der Waals surface area contributed by atoms with E-state index in [1.54, 1.807) is 12.4 Å². The van der Waals surface area contributed by atoms with Gasteiger partial charge in [-0.2, -0.15) is 4.98 Å². The van der Waals surface area contributed by atoms with E-state index in [0.29, 0.717) is 32.1 Å². The van der Waals surface area contributed by atoms with Crippen molar-refractivity contribution in [2.75, 3.05) is 54.9 Å². The first-order valence-electron chi connectivity index (χ1n) is 8.75. The molecule has 2 aromatic heterocycles. The average Bonchev–Trinajstić information content (AvgIpc) is 2.69. The van der Waals surface area contributed by atoms with Gasteiger partial charge in [0.2, 0.25) is 11.9 Å². The number of hydrogen-bond donors (Lipinski definition) is 1. The minimum Gasteiger partial charge on any atom is -0.378 e. The van der Waals surface area contributed by atoms with Crippen molar-refractivity contribution in [3.8, 4) is 11.3 Å². The van der Waals surface area contributed by atoms with Gasteiger partial charge < -0.3 is 20.3 Å². The number of rotatable bonds is 3. The van der Waals surface area contributed by atoms with Gasteiger partial charge >= 0.3 is 0 Å². The van der Waals surface area contributed by atoms with Crippen molar-refractivity contribution in [2.24, 2.45) is 0 Å². The second-order valence-electron chi connectivity index (χ2n) is 6.40. The van der Waals surface area contributed by atoms with E-state index in [4.69, 9.17) is 20.4 Å². The van der Waals surface area contributed by atoms with Gasteiger partial charge in [0.15, 0.2) is 5.78 Å². The summed E-state index contributed by atoms with van der Waals surface area (Å²) in [5.41, 5.74) is 7.07. The molecule has 9 heteroatoms. The number of nitrogens with two attached hydrogens (primary N) is 1. The Kier molecular flexibility index (Phi) is 4.61. The Labute approximate surface area is 151 Å². The van der Waals surface area contributed by atoms with Crippen LogP contribution in [-0.4, -0.2) is 65.1 Å². The molecule has 0 aromatic carbocycles. The van der Waals surface area contributed by atoms with Crippen molar-refractivity contribution in [3.05, 3.63) is 18.5 Å². The quantitative estimate of drug-likeness (QED) is 0.842. The van der Waals surface area contributed by atoms with Gasteiger partial charge in [0.05, 0.1) is 25.5 Å². The first-order chi connectivity index (χ1) is 12.7. The molecule has 0 saturated carbocycles. The highest BCUT2D eigenvalue weighted by Gasteiger charge is 2.22. The van der Waals surface area contributed by atoms with E-state index in [1.165, 1.54) is 0 Å². The Morgan fingerprint density at radius 3 is 2.54 bits per heavy atom. The molecule has 0 amide bonds. The Morgan fingerprint density at radius 1 is 1.04 bits per heavy atom. The van der Waals surface area contributed by atoms with Gasteiger partial charge in [-0.1, -0.05) is 0 Å². The van der Waals surface area contributed by atoms with E-state index in [2.05, 4.69) is 14.9 Å². The highest BCUT2D eigenvalue weighted by Crippen LogP contribution is 2.26. The standard InChI is InChI=1S/C17H21N7O2/c18-16-19-9-12(10-20-16)14-8-15(24-3-1-2-13(25)11-24)22-17(21-14)23-4-6-26-7-5-23/h8-10H,1-7,11H2,(H2,18,19,20). The fourth-order valence-electron chi connectivity index (χ4n) is 3.14. The first-order valence-corrected chi connectivity index (χ1v) is 8.75. The van der Waals surface area contributed by atoms with Crippen LogP contribution in [0.2, 0.25) is 0 Å². The zero-order valence-corrected chi connectivity index (χ0v) is 14.5. The summed E-state index contributed by atoms with van der Waals surface area (Å²) in [6.45, 7) is 3.96. The zero-order chi connectivity index (χ0) is 17.9. The summed E-state index contributed by atoms with van der Waals surface area (Å²) in [5, 5.41) is 0. The number of hydrogen-bond acceptors (Lipinski definition) is 9. The summed E-state index contributed by atoms with van der Waals surface area (Å²) in [6, 6.07) is 1.89. The van der Waals surface area contributed by atoms with Crippen molar-refractivity contribution in [3.63, 3.8) is 0 Å². The van der Waals surface area contributed by atoms with Crippen LogP contribution < -0.4 is 15.5 Å². The van der Waals surface area contributed by atoms with Gasteiger partial charge in [-0.3, -0.25) is 4.79 Å². The summed E-state index contributed by atoms with van der Waals surface area (Å²) in [7, 11) is 0. The van der Waals surface area contributed by atoms with Gasteiger partial charge in [-0.15, -0.1) is 0 Å². The molecule has 2 fully saturated rings. The Balaban J connectivity index is 1.73. The number of Topliss-reactive ketones (excluding diaryl/α,β-unsaturated/α-hetero) is 1. The number of aromatic nitrogens is 4. The van der Waals surface area contributed by atoms with Crippen LogP contribution in [0.15, 0.2) is 18.5 Å². The Hall–Kier alpha value is -2.81. The van der Waals surface area contributed by atoms with Crippen LogP contribution in [0.4, 0.5) is 17.7 Å². The highest BCUT2D eigenvalue weighted by molar-refractivity contribution is 5.84. The van der Waals surface area contributed by atoms with Gasteiger partial charge in [0.1, 0.15) is 5.82 Å². The number of nitrogen functional groups attached to an aromatic ring is 1. The lowest BCUT2D eigenvalue weighted by Crippen LogP contribution is -2.39. The predicted octanol–water partition coefficient (Wildman–Crippen LogP) is 0.522.